The summed E-state index contributed by atoms with van der Waals surface area (Å²) in [6.45, 7) is 7.80. The third-order valence-corrected chi connectivity index (χ3v) is 6.64. The first kappa shape index (κ1) is 25.8. The van der Waals surface area contributed by atoms with Gasteiger partial charge in [0.05, 0.1) is 18.2 Å². The Kier molecular flexibility index (Phi) is 7.69. The lowest BCUT2D eigenvalue weighted by molar-refractivity contribution is -0.140. The van der Waals surface area contributed by atoms with Crippen LogP contribution in [0.4, 0.5) is 0 Å². The van der Waals surface area contributed by atoms with Crippen LogP contribution in [0.15, 0.2) is 48.0 Å². The number of ketones is 1. The van der Waals surface area contributed by atoms with Crippen LogP contribution in [0.25, 0.3) is 5.76 Å². The van der Waals surface area contributed by atoms with Gasteiger partial charge in [-0.1, -0.05) is 26.0 Å². The van der Waals surface area contributed by atoms with E-state index in [1.165, 1.54) is 0 Å². The summed E-state index contributed by atoms with van der Waals surface area (Å²) in [5.41, 5.74) is 2.32. The highest BCUT2D eigenvalue weighted by atomic mass is 16.5. The van der Waals surface area contributed by atoms with Crippen LogP contribution < -0.4 is 9.47 Å². The number of amides is 1. The number of fused-ring (bicyclic) bond motifs is 1. The lowest BCUT2D eigenvalue weighted by Crippen LogP contribution is -2.35. The first-order valence-electron chi connectivity index (χ1n) is 12.6. The van der Waals surface area contributed by atoms with Gasteiger partial charge in [0.25, 0.3) is 11.7 Å². The van der Waals surface area contributed by atoms with Gasteiger partial charge >= 0.3 is 0 Å². The summed E-state index contributed by atoms with van der Waals surface area (Å²) in [5, 5.41) is 11.4. The minimum atomic E-state index is -0.706. The number of carbonyl (C=O) groups is 2. The molecule has 2 atom stereocenters. The second-order valence-corrected chi connectivity index (χ2v) is 10.4. The Labute approximate surface area is 213 Å². The fourth-order valence-corrected chi connectivity index (χ4v) is 4.68. The van der Waals surface area contributed by atoms with Crippen LogP contribution in [0.2, 0.25) is 0 Å². The van der Waals surface area contributed by atoms with Crippen LogP contribution in [0.5, 0.6) is 11.5 Å². The van der Waals surface area contributed by atoms with Crippen molar-refractivity contribution in [2.24, 2.45) is 5.92 Å². The quantitative estimate of drug-likeness (QED) is 0.317. The van der Waals surface area contributed by atoms with Gasteiger partial charge in [0, 0.05) is 25.1 Å². The summed E-state index contributed by atoms with van der Waals surface area (Å²) < 4.78 is 11.7. The van der Waals surface area contributed by atoms with E-state index in [9.17, 15) is 14.7 Å². The van der Waals surface area contributed by atoms with Crippen LogP contribution in [0.1, 0.15) is 49.9 Å². The molecular formula is C29H36N2O5. The molecule has 0 bridgehead atoms. The van der Waals surface area contributed by atoms with Crippen LogP contribution in [0.3, 0.4) is 0 Å². The summed E-state index contributed by atoms with van der Waals surface area (Å²) in [4.78, 5) is 30.0. The van der Waals surface area contributed by atoms with Crippen molar-refractivity contribution in [1.29, 1.82) is 0 Å². The van der Waals surface area contributed by atoms with Crippen molar-refractivity contribution in [2.75, 3.05) is 33.8 Å². The van der Waals surface area contributed by atoms with E-state index in [4.69, 9.17) is 9.47 Å². The first-order valence-corrected chi connectivity index (χ1v) is 12.6. The van der Waals surface area contributed by atoms with E-state index < -0.39 is 17.7 Å². The number of carbonyl (C=O) groups excluding carboxylic acids is 2. The average molecular weight is 493 g/mol. The molecule has 1 amide bonds. The molecule has 2 heterocycles. The van der Waals surface area contributed by atoms with Crippen molar-refractivity contribution in [2.45, 2.75) is 45.8 Å². The second-order valence-electron chi connectivity index (χ2n) is 10.4. The fraction of sp³-hybridized carbons (Fsp3) is 0.448. The molecule has 2 aliphatic rings. The minimum Gasteiger partial charge on any atom is -0.507 e. The molecule has 1 N–H and O–H groups in total. The second kappa shape index (κ2) is 10.7. The molecule has 1 saturated heterocycles. The molecule has 7 nitrogen and oxygen atoms in total. The van der Waals surface area contributed by atoms with E-state index in [1.54, 1.807) is 11.0 Å². The van der Waals surface area contributed by atoms with Crippen LogP contribution in [-0.4, -0.2) is 66.5 Å². The minimum absolute atomic E-state index is 0.0624. The van der Waals surface area contributed by atoms with Gasteiger partial charge in [-0.05, 0) is 74.8 Å². The Morgan fingerprint density at radius 2 is 1.97 bits per heavy atom. The maximum absolute atomic E-state index is 13.3. The summed E-state index contributed by atoms with van der Waals surface area (Å²) in [6.07, 6.45) is 1.71. The number of hydrogen-bond donors (Lipinski definition) is 1. The summed E-state index contributed by atoms with van der Waals surface area (Å²) in [6, 6.07) is 12.2. The molecule has 2 aromatic rings. The number of ether oxygens (including phenoxy) is 2. The van der Waals surface area contributed by atoms with E-state index in [2.05, 4.69) is 13.8 Å². The van der Waals surface area contributed by atoms with Gasteiger partial charge in [0.2, 0.25) is 0 Å². The van der Waals surface area contributed by atoms with Crippen molar-refractivity contribution in [3.8, 4) is 11.5 Å². The zero-order chi connectivity index (χ0) is 26.0. The number of rotatable bonds is 9. The molecule has 2 aromatic carbocycles. The summed E-state index contributed by atoms with van der Waals surface area (Å²) in [5.74, 6) is 0.537. The molecule has 36 heavy (non-hydrogen) atoms. The van der Waals surface area contributed by atoms with E-state index >= 15 is 0 Å². The highest BCUT2D eigenvalue weighted by Crippen LogP contribution is 2.41. The molecule has 1 fully saturated rings. The van der Waals surface area contributed by atoms with Gasteiger partial charge in [0.1, 0.15) is 23.4 Å². The van der Waals surface area contributed by atoms with Crippen LogP contribution in [-0.2, 0) is 16.0 Å². The highest BCUT2D eigenvalue weighted by Gasteiger charge is 2.46. The fourth-order valence-electron chi connectivity index (χ4n) is 4.68. The molecular weight excluding hydrogens is 456 g/mol. The summed E-state index contributed by atoms with van der Waals surface area (Å²) >= 11 is 0. The smallest absolute Gasteiger partial charge is 0.295 e. The molecule has 0 radical (unpaired) electrons. The van der Waals surface area contributed by atoms with E-state index in [1.807, 2.05) is 62.3 Å². The molecule has 0 spiro atoms. The van der Waals surface area contributed by atoms with E-state index in [-0.39, 0.29) is 17.4 Å². The van der Waals surface area contributed by atoms with Gasteiger partial charge < -0.3 is 24.4 Å². The SMILES string of the molecule is CC(C)CCOc1cccc([C@H]2/C(=C(\O)c3ccc4c(c3)C[C@@H](C)O4)C(=O)C(=O)N2CCN(C)C)c1. The normalized spacial score (nSPS) is 20.8. The van der Waals surface area contributed by atoms with E-state index in [0.717, 1.165) is 29.7 Å². The zero-order valence-corrected chi connectivity index (χ0v) is 21.8. The number of likely N-dealkylation sites (tertiary alicyclic amines) is 1. The average Bonchev–Trinajstić information content (AvgIpc) is 3.32. The lowest BCUT2D eigenvalue weighted by Gasteiger charge is -2.27. The monoisotopic (exact) mass is 492 g/mol. The predicted octanol–water partition coefficient (Wildman–Crippen LogP) is 4.42. The molecule has 0 aliphatic carbocycles. The van der Waals surface area contributed by atoms with Crippen molar-refractivity contribution >= 4 is 17.4 Å². The van der Waals surface area contributed by atoms with E-state index in [0.29, 0.717) is 36.9 Å². The number of aliphatic hydroxyl groups excluding tert-OH is 1. The molecule has 4 rings (SSSR count). The molecule has 0 saturated carbocycles. The molecule has 2 aliphatic heterocycles. The maximum Gasteiger partial charge on any atom is 0.295 e. The predicted molar refractivity (Wildman–Crippen MR) is 139 cm³/mol. The number of benzene rings is 2. The number of aliphatic hydroxyl groups is 1. The van der Waals surface area contributed by atoms with Crippen LogP contribution in [0, 0.1) is 5.92 Å². The van der Waals surface area contributed by atoms with Gasteiger partial charge in [-0.3, -0.25) is 9.59 Å². The topological polar surface area (TPSA) is 79.3 Å². The zero-order valence-electron chi connectivity index (χ0n) is 21.8. The molecule has 7 heteroatoms. The lowest BCUT2D eigenvalue weighted by atomic mass is 9.94. The number of nitrogens with zero attached hydrogens (tertiary/aromatic N) is 2. The van der Waals surface area contributed by atoms with Crippen LogP contribution >= 0.6 is 0 Å². The Bertz CT molecular complexity index is 1170. The number of hydrogen-bond acceptors (Lipinski definition) is 6. The van der Waals surface area contributed by atoms with Gasteiger partial charge in [-0.25, -0.2) is 0 Å². The molecule has 0 unspecified atom stereocenters. The van der Waals surface area contributed by atoms with Gasteiger partial charge in [-0.15, -0.1) is 0 Å². The van der Waals surface area contributed by atoms with Crippen molar-refractivity contribution in [3.63, 3.8) is 0 Å². The third-order valence-electron chi connectivity index (χ3n) is 6.64. The Hall–Kier alpha value is -3.32. The highest BCUT2D eigenvalue weighted by molar-refractivity contribution is 6.46. The Morgan fingerprint density at radius 3 is 2.69 bits per heavy atom. The largest absolute Gasteiger partial charge is 0.507 e. The number of Topliss-reactive ketones (excluding diaryl/α,β-unsaturated/α-hetero) is 1. The van der Waals surface area contributed by atoms with Gasteiger partial charge in [-0.2, -0.15) is 0 Å². The molecule has 192 valence electrons. The van der Waals surface area contributed by atoms with Crippen molar-refractivity contribution in [3.05, 3.63) is 64.7 Å². The Balaban J connectivity index is 1.75. The van der Waals surface area contributed by atoms with Gasteiger partial charge in [0.15, 0.2) is 0 Å². The molecule has 0 aromatic heterocycles. The third kappa shape index (κ3) is 5.41. The van der Waals surface area contributed by atoms with Crippen molar-refractivity contribution < 1.29 is 24.2 Å². The maximum atomic E-state index is 13.3. The summed E-state index contributed by atoms with van der Waals surface area (Å²) in [7, 11) is 3.84. The first-order chi connectivity index (χ1) is 17.2. The standard InChI is InChI=1S/C29H36N2O5/c1-18(2)11-14-35-23-8-6-7-20(17-23)26-25(28(33)29(34)31(26)13-12-30(4)5)27(32)21-9-10-24-22(16-21)15-19(3)36-24/h6-10,16-19,26,32H,11-15H2,1-5H3/b27-25+/t19-,26+/m1/s1. The Morgan fingerprint density at radius 1 is 1.19 bits per heavy atom. The number of likely N-dealkylation sites (N-methyl/N-ethyl adjacent to an activating group) is 1. The van der Waals surface area contributed by atoms with Crippen molar-refractivity contribution in [1.82, 2.24) is 9.80 Å².